The number of rotatable bonds is 39. The van der Waals surface area contributed by atoms with Crippen LogP contribution in [0.1, 0.15) is 174 Å². The third-order valence-corrected chi connectivity index (χ3v) is 10.7. The van der Waals surface area contributed by atoms with Crippen LogP contribution in [0.4, 0.5) is 0 Å². The molecular weight excluding hydrogens is 777 g/mol. The van der Waals surface area contributed by atoms with Crippen LogP contribution in [0.3, 0.4) is 0 Å². The Morgan fingerprint density at radius 3 is 1.71 bits per heavy atom. The summed E-state index contributed by atoms with van der Waals surface area (Å²) in [6.45, 7) is 3.83. The van der Waals surface area contributed by atoms with Crippen molar-refractivity contribution < 1.29 is 56.2 Å². The maximum absolute atomic E-state index is 12.7. The van der Waals surface area contributed by atoms with Gasteiger partial charge in [-0.05, 0) is 51.4 Å². The molecule has 0 saturated carbocycles. The van der Waals surface area contributed by atoms with Gasteiger partial charge in [-0.1, -0.05) is 165 Å². The van der Waals surface area contributed by atoms with Crippen LogP contribution in [0.5, 0.6) is 0 Å². The lowest BCUT2D eigenvalue weighted by Gasteiger charge is -2.41. The summed E-state index contributed by atoms with van der Waals surface area (Å²) in [5, 5.41) is 30.6. The van der Waals surface area contributed by atoms with E-state index in [-0.39, 0.29) is 19.6 Å². The van der Waals surface area contributed by atoms with Crippen molar-refractivity contribution in [3.8, 4) is 0 Å². The van der Waals surface area contributed by atoms with Gasteiger partial charge in [0.1, 0.15) is 30.5 Å². The molecule has 0 amide bonds. The highest BCUT2D eigenvalue weighted by atomic mass is 32.3. The first-order valence-corrected chi connectivity index (χ1v) is 24.3. The molecule has 1 rings (SSSR count). The molecule has 1 fully saturated rings. The average Bonchev–Trinajstić information content (AvgIpc) is 3.21. The van der Waals surface area contributed by atoms with Crippen molar-refractivity contribution in [3.63, 3.8) is 0 Å². The second-order valence-corrected chi connectivity index (χ2v) is 16.7. The Bertz CT molecular complexity index is 1220. The number of carbonyl (C=O) groups is 1. The zero-order valence-corrected chi connectivity index (χ0v) is 37.4. The molecule has 6 atom stereocenters. The van der Waals surface area contributed by atoms with Crippen LogP contribution >= 0.6 is 0 Å². The van der Waals surface area contributed by atoms with Crippen molar-refractivity contribution in [1.29, 1.82) is 0 Å². The highest BCUT2D eigenvalue weighted by Gasteiger charge is 2.48. The van der Waals surface area contributed by atoms with Gasteiger partial charge in [-0.25, -0.2) is 4.18 Å². The van der Waals surface area contributed by atoms with Crippen molar-refractivity contribution in [1.82, 2.24) is 0 Å². The van der Waals surface area contributed by atoms with Crippen LogP contribution in [-0.4, -0.2) is 97.5 Å². The quantitative estimate of drug-likeness (QED) is 0.0199. The lowest BCUT2D eigenvalue weighted by atomic mass is 9.99. The molecule has 6 unspecified atom stereocenters. The summed E-state index contributed by atoms with van der Waals surface area (Å²) in [6, 6.07) is 0. The molecule has 0 radical (unpaired) electrons. The SMILES string of the molecule is CC/C=C\C/C=C\C/C=C\C/C=C\CCCCCCCCCCCCCOCC(COC1OC(CO)C(O)C(OS(=O)(=O)O)C1O)OC(=O)CCCCCCCCCC. The summed E-state index contributed by atoms with van der Waals surface area (Å²) in [4.78, 5) is 12.7. The van der Waals surface area contributed by atoms with Crippen molar-refractivity contribution in [2.75, 3.05) is 26.4 Å². The molecule has 1 saturated heterocycles. The number of esters is 1. The minimum atomic E-state index is -5.06. The fraction of sp³-hybridized carbons (Fsp3) is 0.804. The monoisotopic (exact) mass is 859 g/mol. The highest BCUT2D eigenvalue weighted by Crippen LogP contribution is 2.26. The van der Waals surface area contributed by atoms with E-state index >= 15 is 0 Å². The van der Waals surface area contributed by atoms with Gasteiger partial charge in [0.2, 0.25) is 0 Å². The molecule has 0 aliphatic carbocycles. The van der Waals surface area contributed by atoms with Gasteiger partial charge >= 0.3 is 16.4 Å². The zero-order valence-electron chi connectivity index (χ0n) is 36.6. The normalized spacial score (nSPS) is 20.8. The van der Waals surface area contributed by atoms with Gasteiger partial charge in [-0.15, -0.1) is 0 Å². The van der Waals surface area contributed by atoms with Crippen molar-refractivity contribution in [2.45, 2.75) is 211 Å². The number of allylic oxidation sites excluding steroid dienone is 8. The van der Waals surface area contributed by atoms with Gasteiger partial charge in [0.25, 0.3) is 0 Å². The number of aliphatic hydroxyl groups excluding tert-OH is 3. The van der Waals surface area contributed by atoms with E-state index in [0.717, 1.165) is 70.6 Å². The van der Waals surface area contributed by atoms with Crippen LogP contribution in [0, 0.1) is 0 Å². The first-order chi connectivity index (χ1) is 28.6. The topological polar surface area (TPSA) is 178 Å². The molecule has 4 N–H and O–H groups in total. The number of ether oxygens (including phenoxy) is 4. The Labute approximate surface area is 357 Å². The van der Waals surface area contributed by atoms with E-state index in [1.807, 2.05) is 0 Å². The first kappa shape index (κ1) is 55.1. The lowest BCUT2D eigenvalue weighted by Crippen LogP contribution is -2.60. The number of hydrogen-bond donors (Lipinski definition) is 4. The summed E-state index contributed by atoms with van der Waals surface area (Å²) < 4.78 is 58.9. The van der Waals surface area contributed by atoms with Crippen LogP contribution in [-0.2, 0) is 38.3 Å². The van der Waals surface area contributed by atoms with E-state index in [9.17, 15) is 28.5 Å². The largest absolute Gasteiger partial charge is 0.457 e. The fourth-order valence-corrected chi connectivity index (χ4v) is 7.29. The molecule has 12 nitrogen and oxygen atoms in total. The Balaban J connectivity index is 2.30. The summed E-state index contributed by atoms with van der Waals surface area (Å²) >= 11 is 0. The first-order valence-electron chi connectivity index (χ1n) is 22.9. The number of carbonyl (C=O) groups excluding carboxylic acids is 1. The zero-order chi connectivity index (χ0) is 43.2. The molecule has 0 bridgehead atoms. The van der Waals surface area contributed by atoms with Gasteiger partial charge in [-0.2, -0.15) is 8.42 Å². The van der Waals surface area contributed by atoms with Crippen LogP contribution < -0.4 is 0 Å². The molecule has 0 aromatic heterocycles. The molecule has 1 heterocycles. The lowest BCUT2D eigenvalue weighted by molar-refractivity contribution is -0.301. The van der Waals surface area contributed by atoms with Gasteiger partial charge in [0.05, 0.1) is 19.8 Å². The van der Waals surface area contributed by atoms with E-state index in [1.165, 1.54) is 77.0 Å². The minimum absolute atomic E-state index is 0.0342. The van der Waals surface area contributed by atoms with Crippen LogP contribution in [0.25, 0.3) is 0 Å². The van der Waals surface area contributed by atoms with E-state index in [2.05, 4.69) is 66.6 Å². The molecule has 1 aliphatic rings. The number of unbranched alkanes of at least 4 members (excludes halogenated alkanes) is 18. The average molecular weight is 859 g/mol. The molecular formula is C46H82O12S. The fourth-order valence-electron chi connectivity index (χ4n) is 6.78. The smallest absolute Gasteiger partial charge is 0.397 e. The van der Waals surface area contributed by atoms with Gasteiger partial charge in [0, 0.05) is 13.0 Å². The summed E-state index contributed by atoms with van der Waals surface area (Å²) in [5.41, 5.74) is 0. The van der Waals surface area contributed by atoms with Gasteiger partial charge in [-0.3, -0.25) is 9.35 Å². The van der Waals surface area contributed by atoms with E-state index in [4.69, 9.17) is 23.5 Å². The number of hydrogen-bond acceptors (Lipinski definition) is 11. The van der Waals surface area contributed by atoms with E-state index in [1.54, 1.807) is 0 Å². The van der Waals surface area contributed by atoms with Crippen molar-refractivity contribution in [3.05, 3.63) is 48.6 Å². The predicted octanol–water partition coefficient (Wildman–Crippen LogP) is 9.58. The summed E-state index contributed by atoms with van der Waals surface area (Å²) in [6.07, 6.45) is 36.0. The molecule has 0 aromatic rings. The third-order valence-electron chi connectivity index (χ3n) is 10.2. The predicted molar refractivity (Wildman–Crippen MR) is 234 cm³/mol. The summed E-state index contributed by atoms with van der Waals surface area (Å²) in [7, 11) is -5.06. The second-order valence-electron chi connectivity index (χ2n) is 15.6. The van der Waals surface area contributed by atoms with E-state index < -0.39 is 59.8 Å². The Morgan fingerprint density at radius 1 is 0.661 bits per heavy atom. The van der Waals surface area contributed by atoms with E-state index in [0.29, 0.717) is 13.0 Å². The third kappa shape index (κ3) is 31.6. The Hall–Kier alpha value is -1.94. The van der Waals surface area contributed by atoms with Crippen LogP contribution in [0.15, 0.2) is 48.6 Å². The van der Waals surface area contributed by atoms with Crippen LogP contribution in [0.2, 0.25) is 0 Å². The number of aliphatic hydroxyl groups is 3. The minimum Gasteiger partial charge on any atom is -0.457 e. The molecule has 0 spiro atoms. The van der Waals surface area contributed by atoms with Gasteiger partial charge < -0.3 is 34.3 Å². The molecule has 0 aromatic carbocycles. The standard InChI is InChI=1S/C46H82O12S/c1-3-5-7-9-11-13-14-15-16-17-18-19-20-21-22-23-24-25-26-27-28-30-32-34-36-54-38-40(56-42(48)35-33-31-29-12-10-8-6-4-2)39-55-46-44(50)45(58-59(51,52)53)43(49)41(37-47)57-46/h5,7,11,13,15-16,18-19,40-41,43-47,49-50H,3-4,6,8-10,12,14,17,20-39H2,1-2H3,(H,51,52,53)/b7-5-,13-11-,16-15-,19-18-. The Morgan fingerprint density at radius 2 is 1.17 bits per heavy atom. The van der Waals surface area contributed by atoms with Crippen molar-refractivity contribution >= 4 is 16.4 Å². The summed E-state index contributed by atoms with van der Waals surface area (Å²) in [5.74, 6) is -0.406. The highest BCUT2D eigenvalue weighted by molar-refractivity contribution is 7.80. The molecule has 1 aliphatic heterocycles. The second kappa shape index (κ2) is 37.8. The molecule has 13 heteroatoms. The maximum Gasteiger partial charge on any atom is 0.397 e. The molecule has 59 heavy (non-hydrogen) atoms. The molecule has 344 valence electrons. The Kier molecular flexibility index (Phi) is 35.3. The van der Waals surface area contributed by atoms with Gasteiger partial charge in [0.15, 0.2) is 6.29 Å². The maximum atomic E-state index is 12.7. The van der Waals surface area contributed by atoms with Crippen molar-refractivity contribution in [2.24, 2.45) is 0 Å².